The van der Waals surface area contributed by atoms with E-state index in [1.165, 1.54) is 17.0 Å². The summed E-state index contributed by atoms with van der Waals surface area (Å²) in [4.78, 5) is 40.5. The zero-order valence-electron chi connectivity index (χ0n) is 20.9. The zero-order valence-corrected chi connectivity index (χ0v) is 20.9. The molecule has 1 heterocycles. The normalized spacial score (nSPS) is 15.5. The summed E-state index contributed by atoms with van der Waals surface area (Å²) in [6.07, 6.45) is 0.00614. The molecule has 2 amide bonds. The molecule has 1 N–H and O–H groups in total. The maximum Gasteiger partial charge on any atom is 0.336 e. The summed E-state index contributed by atoms with van der Waals surface area (Å²) in [6.45, 7) is 4.18. The molecule has 4 rings (SSSR count). The van der Waals surface area contributed by atoms with Crippen molar-refractivity contribution >= 4 is 17.8 Å². The number of hydrogen-bond donors (Lipinski definition) is 1. The van der Waals surface area contributed by atoms with Gasteiger partial charge in [0.2, 0.25) is 5.91 Å². The Morgan fingerprint density at radius 1 is 1.00 bits per heavy atom. The summed E-state index contributed by atoms with van der Waals surface area (Å²) >= 11 is 0. The number of benzene rings is 3. The fourth-order valence-electron chi connectivity index (χ4n) is 4.56. The Bertz CT molecular complexity index is 1340. The second-order valence-corrected chi connectivity index (χ2v) is 8.88. The van der Waals surface area contributed by atoms with Crippen LogP contribution in [0.5, 0.6) is 0 Å². The molecule has 0 spiro atoms. The molecule has 0 aliphatic carbocycles. The quantitative estimate of drug-likeness (QED) is 0.436. The first-order valence-corrected chi connectivity index (χ1v) is 12.2. The number of carbonyl (C=O) groups excluding carboxylic acids is 3. The van der Waals surface area contributed by atoms with E-state index in [4.69, 9.17) is 4.74 Å². The smallest absolute Gasteiger partial charge is 0.336 e. The van der Waals surface area contributed by atoms with E-state index < -0.39 is 17.7 Å². The van der Waals surface area contributed by atoms with Crippen LogP contribution >= 0.6 is 0 Å². The molecule has 3 aromatic rings. The molecule has 0 radical (unpaired) electrons. The third-order valence-electron chi connectivity index (χ3n) is 6.40. The summed E-state index contributed by atoms with van der Waals surface area (Å²) in [6, 6.07) is 22.6. The van der Waals surface area contributed by atoms with Crippen LogP contribution in [0.3, 0.4) is 0 Å². The number of nitrogens with one attached hydrogen (secondary N) is 1. The standard InChI is InChI=1S/C30H29FN2O4/c1-3-37-30(36)28-20(2)33(27(34)17-26(28)23-12-8-14-25(31)16-23)19-22-11-7-13-24(15-22)29(35)32-18-21-9-5-4-6-10-21/h4-16,26H,3,17-19H2,1-2H3,(H,32,35). The van der Waals surface area contributed by atoms with E-state index >= 15 is 0 Å². The van der Waals surface area contributed by atoms with Crippen molar-refractivity contribution in [3.8, 4) is 0 Å². The van der Waals surface area contributed by atoms with Crippen molar-refractivity contribution < 1.29 is 23.5 Å². The van der Waals surface area contributed by atoms with Gasteiger partial charge in [-0.3, -0.25) is 9.59 Å². The Morgan fingerprint density at radius 3 is 2.46 bits per heavy atom. The van der Waals surface area contributed by atoms with Crippen LogP contribution in [0.2, 0.25) is 0 Å². The number of nitrogens with zero attached hydrogens (tertiary/aromatic N) is 1. The third-order valence-corrected chi connectivity index (χ3v) is 6.40. The summed E-state index contributed by atoms with van der Waals surface area (Å²) in [5, 5.41) is 2.91. The van der Waals surface area contributed by atoms with Crippen LogP contribution in [0.1, 0.15) is 53.2 Å². The number of rotatable bonds is 8. The Hall–Kier alpha value is -4.26. The molecule has 0 saturated carbocycles. The second-order valence-electron chi connectivity index (χ2n) is 8.88. The minimum absolute atomic E-state index is 0.00614. The van der Waals surface area contributed by atoms with E-state index in [1.54, 1.807) is 44.2 Å². The molecule has 190 valence electrons. The molecule has 0 saturated heterocycles. The fraction of sp³-hybridized carbons (Fsp3) is 0.233. The predicted octanol–water partition coefficient (Wildman–Crippen LogP) is 5.11. The summed E-state index contributed by atoms with van der Waals surface area (Å²) < 4.78 is 19.3. The molecular weight excluding hydrogens is 471 g/mol. The number of hydrogen-bond acceptors (Lipinski definition) is 4. The molecule has 37 heavy (non-hydrogen) atoms. The molecule has 1 unspecified atom stereocenters. The lowest BCUT2D eigenvalue weighted by molar-refractivity contribution is -0.140. The highest BCUT2D eigenvalue weighted by Crippen LogP contribution is 2.38. The van der Waals surface area contributed by atoms with Gasteiger partial charge in [-0.25, -0.2) is 9.18 Å². The predicted molar refractivity (Wildman–Crippen MR) is 138 cm³/mol. The van der Waals surface area contributed by atoms with Crippen LogP contribution in [-0.4, -0.2) is 29.3 Å². The molecular formula is C30H29FN2O4. The van der Waals surface area contributed by atoms with Gasteiger partial charge in [-0.2, -0.15) is 0 Å². The monoisotopic (exact) mass is 500 g/mol. The first-order chi connectivity index (χ1) is 17.9. The largest absolute Gasteiger partial charge is 0.463 e. The lowest BCUT2D eigenvalue weighted by Gasteiger charge is -2.34. The van der Waals surface area contributed by atoms with Gasteiger partial charge in [-0.05, 0) is 54.8 Å². The topological polar surface area (TPSA) is 75.7 Å². The minimum atomic E-state index is -0.603. The molecule has 0 fully saturated rings. The highest BCUT2D eigenvalue weighted by Gasteiger charge is 2.37. The van der Waals surface area contributed by atoms with Crippen LogP contribution in [0.4, 0.5) is 4.39 Å². The lowest BCUT2D eigenvalue weighted by Crippen LogP contribution is -2.38. The molecule has 1 aliphatic rings. The van der Waals surface area contributed by atoms with E-state index in [0.29, 0.717) is 28.9 Å². The molecule has 1 atom stereocenters. The molecule has 1 aliphatic heterocycles. The highest BCUT2D eigenvalue weighted by atomic mass is 19.1. The van der Waals surface area contributed by atoms with Crippen LogP contribution in [0.25, 0.3) is 0 Å². The first-order valence-electron chi connectivity index (χ1n) is 12.2. The van der Waals surface area contributed by atoms with Crippen LogP contribution in [0.15, 0.2) is 90.1 Å². The highest BCUT2D eigenvalue weighted by molar-refractivity contribution is 5.96. The summed E-state index contributed by atoms with van der Waals surface area (Å²) in [7, 11) is 0. The summed E-state index contributed by atoms with van der Waals surface area (Å²) in [5.41, 5.74) is 3.56. The van der Waals surface area contributed by atoms with E-state index in [-0.39, 0.29) is 31.4 Å². The average molecular weight is 501 g/mol. The van der Waals surface area contributed by atoms with Crippen LogP contribution < -0.4 is 5.32 Å². The zero-order chi connectivity index (χ0) is 26.4. The Labute approximate surface area is 215 Å². The molecule has 7 heteroatoms. The Morgan fingerprint density at radius 2 is 1.73 bits per heavy atom. The van der Waals surface area contributed by atoms with Crippen molar-refractivity contribution in [3.05, 3.63) is 118 Å². The van der Waals surface area contributed by atoms with Crippen molar-refractivity contribution in [2.75, 3.05) is 6.61 Å². The van der Waals surface area contributed by atoms with Gasteiger partial charge >= 0.3 is 5.97 Å². The molecule has 3 aromatic carbocycles. The van der Waals surface area contributed by atoms with Gasteiger partial charge in [-0.15, -0.1) is 0 Å². The maximum atomic E-state index is 14.0. The molecule has 0 aromatic heterocycles. The number of allylic oxidation sites excluding steroid dienone is 1. The van der Waals surface area contributed by atoms with E-state index in [1.807, 2.05) is 36.4 Å². The van der Waals surface area contributed by atoms with Gasteiger partial charge < -0.3 is 15.0 Å². The Balaban J connectivity index is 1.58. The van der Waals surface area contributed by atoms with Gasteiger partial charge in [0.1, 0.15) is 5.82 Å². The van der Waals surface area contributed by atoms with Crippen LogP contribution in [0, 0.1) is 5.82 Å². The summed E-state index contributed by atoms with van der Waals surface area (Å²) in [5.74, 6) is -1.98. The van der Waals surface area contributed by atoms with Gasteiger partial charge in [0, 0.05) is 30.1 Å². The second kappa shape index (κ2) is 11.6. The number of halogens is 1. The SMILES string of the molecule is CCOC(=O)C1=C(C)N(Cc2cccc(C(=O)NCc3ccccc3)c2)C(=O)CC1c1cccc(F)c1. The van der Waals surface area contributed by atoms with Crippen molar-refractivity contribution in [2.24, 2.45) is 0 Å². The number of esters is 1. The third kappa shape index (κ3) is 6.12. The van der Waals surface area contributed by atoms with Crippen molar-refractivity contribution in [3.63, 3.8) is 0 Å². The van der Waals surface area contributed by atoms with Gasteiger partial charge in [0.25, 0.3) is 5.91 Å². The van der Waals surface area contributed by atoms with Gasteiger partial charge in [0.15, 0.2) is 0 Å². The fourth-order valence-corrected chi connectivity index (χ4v) is 4.56. The van der Waals surface area contributed by atoms with Crippen molar-refractivity contribution in [1.29, 1.82) is 0 Å². The minimum Gasteiger partial charge on any atom is -0.463 e. The van der Waals surface area contributed by atoms with E-state index in [9.17, 15) is 18.8 Å². The number of carbonyl (C=O) groups is 3. The van der Waals surface area contributed by atoms with Gasteiger partial charge in [0.05, 0.1) is 18.7 Å². The van der Waals surface area contributed by atoms with E-state index in [0.717, 1.165) is 11.1 Å². The average Bonchev–Trinajstić information content (AvgIpc) is 2.90. The number of ether oxygens (including phenoxy) is 1. The maximum absolute atomic E-state index is 14.0. The van der Waals surface area contributed by atoms with Crippen LogP contribution in [-0.2, 0) is 27.4 Å². The number of amides is 2. The van der Waals surface area contributed by atoms with Gasteiger partial charge in [-0.1, -0.05) is 54.6 Å². The first kappa shape index (κ1) is 25.8. The molecule has 0 bridgehead atoms. The van der Waals surface area contributed by atoms with Crippen molar-refractivity contribution in [2.45, 2.75) is 39.3 Å². The Kier molecular flexibility index (Phi) is 8.13. The van der Waals surface area contributed by atoms with Crippen molar-refractivity contribution in [1.82, 2.24) is 10.2 Å². The van der Waals surface area contributed by atoms with E-state index in [2.05, 4.69) is 5.32 Å². The lowest BCUT2D eigenvalue weighted by atomic mass is 9.83. The molecule has 6 nitrogen and oxygen atoms in total.